The minimum Gasteiger partial charge on any atom is -0.339 e. The SMILES string of the molecule is O=C(C1=CCCNC1)N1CCCCC1. The Balaban J connectivity index is 1.95. The minimum absolute atomic E-state index is 0.261. The number of nitrogens with one attached hydrogen (secondary N) is 1. The van der Waals surface area contributed by atoms with Gasteiger partial charge in [-0.1, -0.05) is 6.08 Å². The van der Waals surface area contributed by atoms with Crippen molar-refractivity contribution < 1.29 is 4.79 Å². The van der Waals surface area contributed by atoms with Crippen LogP contribution in [0, 0.1) is 0 Å². The number of hydrogen-bond donors (Lipinski definition) is 1. The number of carbonyl (C=O) groups excluding carboxylic acids is 1. The Hall–Kier alpha value is -0.830. The van der Waals surface area contributed by atoms with E-state index < -0.39 is 0 Å². The molecule has 78 valence electrons. The zero-order valence-electron chi connectivity index (χ0n) is 8.59. The molecule has 2 rings (SSSR count). The number of likely N-dealkylation sites (tertiary alicyclic amines) is 1. The number of hydrogen-bond acceptors (Lipinski definition) is 2. The molecule has 0 atom stereocenters. The lowest BCUT2D eigenvalue weighted by Crippen LogP contribution is -2.39. The predicted octanol–water partition coefficient (Wildman–Crippen LogP) is 0.919. The molecule has 2 heterocycles. The summed E-state index contributed by atoms with van der Waals surface area (Å²) in [6.07, 6.45) is 6.71. The summed E-state index contributed by atoms with van der Waals surface area (Å²) >= 11 is 0. The lowest BCUT2D eigenvalue weighted by atomic mass is 10.1. The lowest BCUT2D eigenvalue weighted by Gasteiger charge is -2.28. The Morgan fingerprint density at radius 3 is 2.71 bits per heavy atom. The van der Waals surface area contributed by atoms with Gasteiger partial charge in [0.25, 0.3) is 5.91 Å². The maximum atomic E-state index is 12.0. The third-order valence-corrected chi connectivity index (χ3v) is 2.95. The van der Waals surface area contributed by atoms with Crippen molar-refractivity contribution in [2.45, 2.75) is 25.7 Å². The van der Waals surface area contributed by atoms with E-state index in [2.05, 4.69) is 11.4 Å². The lowest BCUT2D eigenvalue weighted by molar-refractivity contribution is -0.128. The molecule has 0 aromatic heterocycles. The average Bonchev–Trinajstić information content (AvgIpc) is 2.30. The molecule has 14 heavy (non-hydrogen) atoms. The highest BCUT2D eigenvalue weighted by Crippen LogP contribution is 2.13. The Morgan fingerprint density at radius 2 is 2.07 bits per heavy atom. The minimum atomic E-state index is 0.261. The molecule has 1 saturated heterocycles. The zero-order valence-corrected chi connectivity index (χ0v) is 8.59. The van der Waals surface area contributed by atoms with Gasteiger partial charge >= 0.3 is 0 Å². The van der Waals surface area contributed by atoms with Crippen LogP contribution in [0.4, 0.5) is 0 Å². The third kappa shape index (κ3) is 2.15. The molecule has 1 fully saturated rings. The summed E-state index contributed by atoms with van der Waals surface area (Å²) in [5.41, 5.74) is 0.971. The van der Waals surface area contributed by atoms with E-state index in [1.54, 1.807) is 0 Å². The van der Waals surface area contributed by atoms with Crippen LogP contribution >= 0.6 is 0 Å². The van der Waals surface area contributed by atoms with Gasteiger partial charge in [0.1, 0.15) is 0 Å². The number of nitrogens with zero attached hydrogens (tertiary/aromatic N) is 1. The first-order valence-electron chi connectivity index (χ1n) is 5.57. The molecule has 2 aliphatic rings. The fourth-order valence-electron chi connectivity index (χ4n) is 2.11. The van der Waals surface area contributed by atoms with E-state index in [0.717, 1.165) is 38.2 Å². The van der Waals surface area contributed by atoms with Crippen LogP contribution in [0.15, 0.2) is 11.6 Å². The fourth-order valence-corrected chi connectivity index (χ4v) is 2.11. The summed E-state index contributed by atoms with van der Waals surface area (Å²) in [7, 11) is 0. The second-order valence-corrected chi connectivity index (χ2v) is 4.05. The van der Waals surface area contributed by atoms with Gasteiger partial charge in [0, 0.05) is 25.2 Å². The van der Waals surface area contributed by atoms with Gasteiger partial charge in [-0.05, 0) is 32.2 Å². The van der Waals surface area contributed by atoms with Crippen LogP contribution in [-0.2, 0) is 4.79 Å². The molecule has 0 radical (unpaired) electrons. The number of amides is 1. The van der Waals surface area contributed by atoms with Crippen molar-refractivity contribution >= 4 is 5.91 Å². The predicted molar refractivity (Wildman–Crippen MR) is 56.0 cm³/mol. The van der Waals surface area contributed by atoms with Crippen LogP contribution in [0.5, 0.6) is 0 Å². The molecule has 0 saturated carbocycles. The maximum Gasteiger partial charge on any atom is 0.250 e. The van der Waals surface area contributed by atoms with E-state index in [1.807, 2.05) is 4.90 Å². The molecule has 0 aromatic carbocycles. The van der Waals surface area contributed by atoms with Crippen molar-refractivity contribution in [2.75, 3.05) is 26.2 Å². The van der Waals surface area contributed by atoms with E-state index in [1.165, 1.54) is 19.3 Å². The quantitative estimate of drug-likeness (QED) is 0.673. The van der Waals surface area contributed by atoms with Crippen LogP contribution in [0.1, 0.15) is 25.7 Å². The highest BCUT2D eigenvalue weighted by Gasteiger charge is 2.20. The molecule has 0 bridgehead atoms. The van der Waals surface area contributed by atoms with Crippen molar-refractivity contribution in [1.29, 1.82) is 0 Å². The van der Waals surface area contributed by atoms with Crippen molar-refractivity contribution in [3.05, 3.63) is 11.6 Å². The number of rotatable bonds is 1. The molecule has 1 amide bonds. The van der Waals surface area contributed by atoms with Crippen molar-refractivity contribution in [3.63, 3.8) is 0 Å². The van der Waals surface area contributed by atoms with Crippen molar-refractivity contribution in [3.8, 4) is 0 Å². The first-order valence-corrected chi connectivity index (χ1v) is 5.57. The topological polar surface area (TPSA) is 32.3 Å². The third-order valence-electron chi connectivity index (χ3n) is 2.95. The van der Waals surface area contributed by atoms with Gasteiger partial charge in [-0.15, -0.1) is 0 Å². The Labute approximate surface area is 85.2 Å². The molecule has 2 aliphatic heterocycles. The Morgan fingerprint density at radius 1 is 1.29 bits per heavy atom. The Kier molecular flexibility index (Phi) is 3.19. The summed E-state index contributed by atoms with van der Waals surface area (Å²) in [5.74, 6) is 0.261. The molecular formula is C11H18N2O. The van der Waals surface area contributed by atoms with E-state index >= 15 is 0 Å². The second-order valence-electron chi connectivity index (χ2n) is 4.05. The highest BCUT2D eigenvalue weighted by molar-refractivity contribution is 5.94. The fraction of sp³-hybridized carbons (Fsp3) is 0.727. The summed E-state index contributed by atoms with van der Waals surface area (Å²) in [5, 5.41) is 3.24. The molecule has 3 nitrogen and oxygen atoms in total. The van der Waals surface area contributed by atoms with Crippen molar-refractivity contribution in [2.24, 2.45) is 0 Å². The van der Waals surface area contributed by atoms with Gasteiger partial charge in [0.2, 0.25) is 0 Å². The first kappa shape index (κ1) is 9.71. The molecule has 3 heteroatoms. The molecule has 0 aliphatic carbocycles. The summed E-state index contributed by atoms with van der Waals surface area (Å²) < 4.78 is 0. The van der Waals surface area contributed by atoms with Gasteiger partial charge in [0.15, 0.2) is 0 Å². The van der Waals surface area contributed by atoms with Gasteiger partial charge in [0.05, 0.1) is 0 Å². The van der Waals surface area contributed by atoms with Gasteiger partial charge in [-0.3, -0.25) is 4.79 Å². The Bertz CT molecular complexity index is 242. The molecule has 1 N–H and O–H groups in total. The van der Waals surface area contributed by atoms with E-state index in [4.69, 9.17) is 0 Å². The van der Waals surface area contributed by atoms with Gasteiger partial charge in [-0.2, -0.15) is 0 Å². The second kappa shape index (κ2) is 4.60. The van der Waals surface area contributed by atoms with Gasteiger partial charge in [-0.25, -0.2) is 0 Å². The van der Waals surface area contributed by atoms with Crippen LogP contribution in [0.25, 0.3) is 0 Å². The largest absolute Gasteiger partial charge is 0.339 e. The summed E-state index contributed by atoms with van der Waals surface area (Å²) in [4.78, 5) is 14.0. The van der Waals surface area contributed by atoms with E-state index in [0.29, 0.717) is 0 Å². The van der Waals surface area contributed by atoms with E-state index in [-0.39, 0.29) is 5.91 Å². The van der Waals surface area contributed by atoms with Crippen LogP contribution in [0.2, 0.25) is 0 Å². The zero-order chi connectivity index (χ0) is 9.80. The molecule has 0 spiro atoms. The molecular weight excluding hydrogens is 176 g/mol. The smallest absolute Gasteiger partial charge is 0.250 e. The standard InChI is InChI=1S/C11H18N2O/c14-11(10-5-4-6-12-9-10)13-7-2-1-3-8-13/h5,12H,1-4,6-9H2. The first-order chi connectivity index (χ1) is 6.88. The maximum absolute atomic E-state index is 12.0. The highest BCUT2D eigenvalue weighted by atomic mass is 16.2. The van der Waals surface area contributed by atoms with Crippen LogP contribution in [-0.4, -0.2) is 37.0 Å². The normalized spacial score (nSPS) is 23.1. The summed E-state index contributed by atoms with van der Waals surface area (Å²) in [6.45, 7) is 3.68. The van der Waals surface area contributed by atoms with E-state index in [9.17, 15) is 4.79 Å². The number of piperidine rings is 1. The summed E-state index contributed by atoms with van der Waals surface area (Å²) in [6, 6.07) is 0. The van der Waals surface area contributed by atoms with Crippen molar-refractivity contribution in [1.82, 2.24) is 10.2 Å². The molecule has 0 aromatic rings. The number of carbonyl (C=O) groups is 1. The monoisotopic (exact) mass is 194 g/mol. The van der Waals surface area contributed by atoms with Crippen LogP contribution in [0.3, 0.4) is 0 Å². The van der Waals surface area contributed by atoms with Gasteiger partial charge < -0.3 is 10.2 Å². The average molecular weight is 194 g/mol. The molecule has 0 unspecified atom stereocenters. The van der Waals surface area contributed by atoms with Crippen LogP contribution < -0.4 is 5.32 Å².